The number of hydrogen-bond donors (Lipinski definition) is 3. The minimum atomic E-state index is -0.845. The number of hydrogen-bond acceptors (Lipinski definition) is 5. The van der Waals surface area contributed by atoms with Gasteiger partial charge in [0.2, 0.25) is 5.91 Å². The molecule has 0 radical (unpaired) electrons. The quantitative estimate of drug-likeness (QED) is 0.0320. The van der Waals surface area contributed by atoms with Gasteiger partial charge < -0.3 is 20.3 Å². The molecule has 79 heavy (non-hydrogen) atoms. The zero-order chi connectivity index (χ0) is 57.1. The Kier molecular flexibility index (Phi) is 66.9. The maximum absolute atomic E-state index is 12.5. The predicted octanol–water partition coefficient (Wildman–Crippen LogP) is 23.1. The highest BCUT2D eigenvalue weighted by Crippen LogP contribution is 2.19. The Bertz CT molecular complexity index is 1280. The second-order valence-electron chi connectivity index (χ2n) is 24.6. The van der Waals surface area contributed by atoms with Crippen molar-refractivity contribution in [3.05, 3.63) is 36.5 Å². The van der Waals surface area contributed by atoms with E-state index in [0.29, 0.717) is 19.4 Å². The van der Waals surface area contributed by atoms with Crippen LogP contribution >= 0.6 is 0 Å². The van der Waals surface area contributed by atoms with Crippen molar-refractivity contribution in [1.82, 2.24) is 5.32 Å². The molecular formula is C73H139NO5. The monoisotopic (exact) mass is 1110 g/mol. The second-order valence-corrected chi connectivity index (χ2v) is 24.6. The minimum absolute atomic E-state index is 0.00181. The van der Waals surface area contributed by atoms with Gasteiger partial charge in [0, 0.05) is 12.8 Å². The fourth-order valence-electron chi connectivity index (χ4n) is 11.2. The van der Waals surface area contributed by atoms with Gasteiger partial charge in [-0.3, -0.25) is 9.59 Å². The van der Waals surface area contributed by atoms with Crippen LogP contribution in [0, 0.1) is 0 Å². The highest BCUT2D eigenvalue weighted by molar-refractivity contribution is 5.76. The van der Waals surface area contributed by atoms with Crippen molar-refractivity contribution in [1.29, 1.82) is 0 Å². The SMILES string of the molecule is CCCC/C=C\C/C=C\CCCCCCCC(=O)OCCCCCCCCCCCCCCCCCCCCCCCCCCCC(=O)NC(CO)C(O)/C=C/CCCCCCCCCCCCCCCCCCCCCCC. The van der Waals surface area contributed by atoms with E-state index in [9.17, 15) is 19.8 Å². The van der Waals surface area contributed by atoms with Gasteiger partial charge in [-0.05, 0) is 57.8 Å². The summed E-state index contributed by atoms with van der Waals surface area (Å²) in [5.41, 5.74) is 0. The van der Waals surface area contributed by atoms with E-state index in [4.69, 9.17) is 4.74 Å². The molecule has 2 atom stereocenters. The van der Waals surface area contributed by atoms with Crippen molar-refractivity contribution in [2.75, 3.05) is 13.2 Å². The van der Waals surface area contributed by atoms with Gasteiger partial charge in [0.05, 0.1) is 25.4 Å². The Balaban J connectivity index is 3.40. The third-order valence-corrected chi connectivity index (χ3v) is 16.7. The molecule has 0 aliphatic carbocycles. The zero-order valence-electron chi connectivity index (χ0n) is 53.4. The molecule has 0 spiro atoms. The summed E-state index contributed by atoms with van der Waals surface area (Å²) in [5, 5.41) is 23.3. The topological polar surface area (TPSA) is 95.9 Å². The summed E-state index contributed by atoms with van der Waals surface area (Å²) < 4.78 is 5.48. The van der Waals surface area contributed by atoms with E-state index < -0.39 is 12.1 Å². The van der Waals surface area contributed by atoms with Crippen LogP contribution in [0.25, 0.3) is 0 Å². The Morgan fingerprint density at radius 3 is 1.00 bits per heavy atom. The molecule has 3 N–H and O–H groups in total. The Morgan fingerprint density at radius 2 is 0.646 bits per heavy atom. The van der Waals surface area contributed by atoms with Crippen LogP contribution in [0.5, 0.6) is 0 Å². The summed E-state index contributed by atoms with van der Waals surface area (Å²) >= 11 is 0. The molecule has 0 aromatic heterocycles. The average molecular weight is 1110 g/mol. The summed E-state index contributed by atoms with van der Waals surface area (Å²) in [5.74, 6) is -0.0605. The number of aliphatic hydroxyl groups is 2. The molecule has 0 aliphatic rings. The molecule has 0 aromatic carbocycles. The number of esters is 1. The lowest BCUT2D eigenvalue weighted by Crippen LogP contribution is -2.45. The van der Waals surface area contributed by atoms with Gasteiger partial charge in [0.25, 0.3) is 0 Å². The highest BCUT2D eigenvalue weighted by atomic mass is 16.5. The molecule has 6 heteroatoms. The average Bonchev–Trinajstić information content (AvgIpc) is 3.45. The van der Waals surface area contributed by atoms with E-state index >= 15 is 0 Å². The van der Waals surface area contributed by atoms with Crippen LogP contribution in [0.1, 0.15) is 393 Å². The largest absolute Gasteiger partial charge is 0.466 e. The number of carbonyl (C=O) groups excluding carboxylic acids is 2. The number of ether oxygens (including phenoxy) is 1. The normalized spacial score (nSPS) is 12.7. The number of carbonyl (C=O) groups is 2. The predicted molar refractivity (Wildman–Crippen MR) is 347 cm³/mol. The van der Waals surface area contributed by atoms with E-state index in [-0.39, 0.29) is 18.5 Å². The zero-order valence-corrected chi connectivity index (χ0v) is 53.4. The molecule has 6 nitrogen and oxygen atoms in total. The lowest BCUT2D eigenvalue weighted by Gasteiger charge is -2.20. The van der Waals surface area contributed by atoms with E-state index in [2.05, 4.69) is 43.5 Å². The van der Waals surface area contributed by atoms with Crippen LogP contribution < -0.4 is 5.32 Å². The molecule has 0 heterocycles. The number of amides is 1. The molecule has 0 saturated heterocycles. The number of nitrogens with one attached hydrogen (secondary N) is 1. The van der Waals surface area contributed by atoms with E-state index in [1.54, 1.807) is 6.08 Å². The number of aliphatic hydroxyl groups excluding tert-OH is 2. The van der Waals surface area contributed by atoms with Crippen LogP contribution in [0.2, 0.25) is 0 Å². The summed E-state index contributed by atoms with van der Waals surface area (Å²) in [4.78, 5) is 24.6. The van der Waals surface area contributed by atoms with E-state index in [0.717, 1.165) is 51.4 Å². The van der Waals surface area contributed by atoms with Crippen LogP contribution in [0.4, 0.5) is 0 Å². The first-order valence-electron chi connectivity index (χ1n) is 35.8. The fourth-order valence-corrected chi connectivity index (χ4v) is 11.2. The lowest BCUT2D eigenvalue weighted by atomic mass is 10.0. The Hall–Kier alpha value is -1.92. The molecule has 0 fully saturated rings. The fraction of sp³-hybridized carbons (Fsp3) is 0.890. The summed E-state index contributed by atoms with van der Waals surface area (Å²) in [7, 11) is 0. The molecule has 0 aliphatic heterocycles. The van der Waals surface area contributed by atoms with Crippen LogP contribution in [0.3, 0.4) is 0 Å². The molecule has 0 rings (SSSR count). The van der Waals surface area contributed by atoms with Gasteiger partial charge in [0.1, 0.15) is 0 Å². The number of rotatable bonds is 67. The maximum Gasteiger partial charge on any atom is 0.305 e. The van der Waals surface area contributed by atoms with Gasteiger partial charge >= 0.3 is 5.97 Å². The second kappa shape index (κ2) is 68.6. The minimum Gasteiger partial charge on any atom is -0.466 e. The van der Waals surface area contributed by atoms with Gasteiger partial charge in [-0.15, -0.1) is 0 Å². The molecular weight excluding hydrogens is 971 g/mol. The Morgan fingerprint density at radius 1 is 0.354 bits per heavy atom. The first-order valence-corrected chi connectivity index (χ1v) is 35.8. The Labute approximate surface area is 494 Å². The van der Waals surface area contributed by atoms with Crippen molar-refractivity contribution in [3.63, 3.8) is 0 Å². The first kappa shape index (κ1) is 77.1. The van der Waals surface area contributed by atoms with E-state index in [1.165, 1.54) is 315 Å². The van der Waals surface area contributed by atoms with Gasteiger partial charge in [-0.2, -0.15) is 0 Å². The van der Waals surface area contributed by atoms with Crippen LogP contribution in [-0.2, 0) is 14.3 Å². The molecule has 1 amide bonds. The van der Waals surface area contributed by atoms with Crippen LogP contribution in [-0.4, -0.2) is 47.4 Å². The molecule has 0 bridgehead atoms. The van der Waals surface area contributed by atoms with Gasteiger partial charge in [-0.25, -0.2) is 0 Å². The maximum atomic E-state index is 12.5. The third-order valence-electron chi connectivity index (χ3n) is 16.7. The molecule has 2 unspecified atom stereocenters. The number of allylic oxidation sites excluding steroid dienone is 5. The van der Waals surface area contributed by atoms with Gasteiger partial charge in [-0.1, -0.05) is 359 Å². The van der Waals surface area contributed by atoms with Crippen molar-refractivity contribution < 1.29 is 24.5 Å². The van der Waals surface area contributed by atoms with Crippen molar-refractivity contribution in [3.8, 4) is 0 Å². The molecule has 466 valence electrons. The smallest absolute Gasteiger partial charge is 0.305 e. The van der Waals surface area contributed by atoms with Crippen LogP contribution in [0.15, 0.2) is 36.5 Å². The molecule has 0 aromatic rings. The molecule has 0 saturated carbocycles. The van der Waals surface area contributed by atoms with Crippen molar-refractivity contribution in [2.45, 2.75) is 405 Å². The third kappa shape index (κ3) is 65.1. The van der Waals surface area contributed by atoms with Crippen molar-refractivity contribution >= 4 is 11.9 Å². The number of unbranched alkanes of at least 4 members (excludes halogenated alkanes) is 52. The first-order chi connectivity index (χ1) is 39.0. The van der Waals surface area contributed by atoms with Gasteiger partial charge in [0.15, 0.2) is 0 Å². The van der Waals surface area contributed by atoms with E-state index in [1.807, 2.05) is 6.08 Å². The summed E-state index contributed by atoms with van der Waals surface area (Å²) in [6, 6.07) is -0.628. The van der Waals surface area contributed by atoms with Crippen molar-refractivity contribution in [2.24, 2.45) is 0 Å². The lowest BCUT2D eigenvalue weighted by molar-refractivity contribution is -0.143. The summed E-state index contributed by atoms with van der Waals surface area (Å²) in [6.07, 6.45) is 87.9. The highest BCUT2D eigenvalue weighted by Gasteiger charge is 2.18. The summed E-state index contributed by atoms with van der Waals surface area (Å²) in [6.45, 7) is 4.89. The standard InChI is InChI=1S/C73H139NO5/c1-3-5-7-9-11-13-15-17-19-20-21-22-26-29-32-35-38-41-45-49-53-57-61-65-71(76)70(69-75)74-72(77)66-62-58-54-50-46-42-39-36-33-30-27-24-23-25-28-31-34-37-40-44-48-52-56-60-64-68-79-73(78)67-63-59-55-51-47-43-18-16-14-12-10-8-6-4-2/h10,12,16,18,61,65,70-71,75-76H,3-9,11,13-15,17,19-60,62-64,66-69H2,1-2H3,(H,74,77)/b12-10-,18-16-,65-61+.